The van der Waals surface area contributed by atoms with Crippen molar-refractivity contribution in [3.8, 4) is 0 Å². The molecule has 0 aromatic heterocycles. The summed E-state index contributed by atoms with van der Waals surface area (Å²) in [5.41, 5.74) is 7.43. The molecule has 4 rings (SSSR count). The van der Waals surface area contributed by atoms with E-state index in [0.29, 0.717) is 18.5 Å². The van der Waals surface area contributed by atoms with Gasteiger partial charge < -0.3 is 16.4 Å². The molecule has 2 aliphatic heterocycles. The molecule has 6 nitrogen and oxygen atoms in total. The van der Waals surface area contributed by atoms with Crippen molar-refractivity contribution in [1.29, 1.82) is 0 Å². The Hall–Kier alpha value is -1.92. The molecule has 0 spiro atoms. The Labute approximate surface area is 160 Å². The van der Waals surface area contributed by atoms with E-state index in [-0.39, 0.29) is 23.9 Å². The number of amides is 2. The molecule has 4 unspecified atom stereocenters. The lowest BCUT2D eigenvalue weighted by Gasteiger charge is -2.24. The smallest absolute Gasteiger partial charge is 0.241 e. The van der Waals surface area contributed by atoms with Gasteiger partial charge in [-0.15, -0.1) is 0 Å². The van der Waals surface area contributed by atoms with Crippen LogP contribution < -0.4 is 16.4 Å². The average molecular weight is 370 g/mol. The van der Waals surface area contributed by atoms with Crippen LogP contribution in [0.5, 0.6) is 0 Å². The highest BCUT2D eigenvalue weighted by Crippen LogP contribution is 2.33. The number of nitrogens with two attached hydrogens (primary N) is 1. The first-order chi connectivity index (χ1) is 13.1. The van der Waals surface area contributed by atoms with E-state index in [1.807, 2.05) is 24.3 Å². The zero-order valence-corrected chi connectivity index (χ0v) is 15.8. The summed E-state index contributed by atoms with van der Waals surface area (Å²) >= 11 is 0. The lowest BCUT2D eigenvalue weighted by atomic mass is 9.85. The molecule has 27 heavy (non-hydrogen) atoms. The zero-order chi connectivity index (χ0) is 18.8. The van der Waals surface area contributed by atoms with Crippen LogP contribution in [0.25, 0.3) is 0 Å². The molecule has 146 valence electrons. The SMILES string of the molecule is NC(=O)C1CCCN1Cc1cccc(NC(=O)C2CC3CCCCC3N2)c1. The molecule has 0 bridgehead atoms. The molecule has 2 heterocycles. The minimum atomic E-state index is -0.245. The number of nitrogens with one attached hydrogen (secondary N) is 2. The van der Waals surface area contributed by atoms with E-state index in [1.165, 1.54) is 25.7 Å². The molecule has 0 radical (unpaired) electrons. The minimum Gasteiger partial charge on any atom is -0.368 e. The summed E-state index contributed by atoms with van der Waals surface area (Å²) in [7, 11) is 0. The van der Waals surface area contributed by atoms with Crippen LogP contribution in [-0.2, 0) is 16.1 Å². The monoisotopic (exact) mass is 370 g/mol. The zero-order valence-electron chi connectivity index (χ0n) is 15.8. The van der Waals surface area contributed by atoms with Crippen molar-refractivity contribution in [2.45, 2.75) is 69.6 Å². The van der Waals surface area contributed by atoms with Gasteiger partial charge in [0.25, 0.3) is 0 Å². The molecule has 3 fully saturated rings. The van der Waals surface area contributed by atoms with Gasteiger partial charge in [-0.3, -0.25) is 14.5 Å². The molecule has 1 saturated carbocycles. The van der Waals surface area contributed by atoms with Crippen LogP contribution in [0.3, 0.4) is 0 Å². The number of anilines is 1. The normalized spacial score (nSPS) is 30.8. The Morgan fingerprint density at radius 3 is 2.85 bits per heavy atom. The Bertz CT molecular complexity index is 693. The van der Waals surface area contributed by atoms with Crippen LogP contribution in [0.1, 0.15) is 50.5 Å². The predicted octanol–water partition coefficient (Wildman–Crippen LogP) is 2.00. The van der Waals surface area contributed by atoms with Gasteiger partial charge in [-0.1, -0.05) is 25.0 Å². The van der Waals surface area contributed by atoms with Gasteiger partial charge in [0.15, 0.2) is 0 Å². The number of fused-ring (bicyclic) bond motifs is 1. The number of benzene rings is 1. The number of carbonyl (C=O) groups is 2. The van der Waals surface area contributed by atoms with Gasteiger partial charge in [0, 0.05) is 18.3 Å². The van der Waals surface area contributed by atoms with E-state index in [9.17, 15) is 9.59 Å². The van der Waals surface area contributed by atoms with Crippen molar-refractivity contribution in [2.24, 2.45) is 11.7 Å². The molecule has 2 amide bonds. The molecule has 1 aromatic rings. The minimum absolute atomic E-state index is 0.0673. The fraction of sp³-hybridized carbons (Fsp3) is 0.619. The van der Waals surface area contributed by atoms with Gasteiger partial charge in [-0.05, 0) is 62.3 Å². The van der Waals surface area contributed by atoms with Crippen LogP contribution in [0.15, 0.2) is 24.3 Å². The summed E-state index contributed by atoms with van der Waals surface area (Å²) in [6.07, 6.45) is 7.79. The van der Waals surface area contributed by atoms with E-state index in [0.717, 1.165) is 37.1 Å². The Balaban J connectivity index is 1.36. The number of nitrogens with zero attached hydrogens (tertiary/aromatic N) is 1. The quantitative estimate of drug-likeness (QED) is 0.740. The summed E-state index contributed by atoms with van der Waals surface area (Å²) in [6, 6.07) is 8.20. The van der Waals surface area contributed by atoms with Crippen molar-refractivity contribution in [2.75, 3.05) is 11.9 Å². The number of hydrogen-bond donors (Lipinski definition) is 3. The maximum absolute atomic E-state index is 12.7. The van der Waals surface area contributed by atoms with Crippen molar-refractivity contribution in [1.82, 2.24) is 10.2 Å². The van der Waals surface area contributed by atoms with E-state index >= 15 is 0 Å². The van der Waals surface area contributed by atoms with Gasteiger partial charge in [0.2, 0.25) is 11.8 Å². The molecule has 6 heteroatoms. The first-order valence-electron chi connectivity index (χ1n) is 10.3. The lowest BCUT2D eigenvalue weighted by Crippen LogP contribution is -2.40. The van der Waals surface area contributed by atoms with Gasteiger partial charge in [0.1, 0.15) is 0 Å². The molecule has 4 N–H and O–H groups in total. The van der Waals surface area contributed by atoms with E-state index in [4.69, 9.17) is 5.73 Å². The summed E-state index contributed by atoms with van der Waals surface area (Å²) in [5.74, 6) is 0.477. The highest BCUT2D eigenvalue weighted by atomic mass is 16.2. The highest BCUT2D eigenvalue weighted by molar-refractivity contribution is 5.95. The van der Waals surface area contributed by atoms with Gasteiger partial charge in [0.05, 0.1) is 12.1 Å². The fourth-order valence-corrected chi connectivity index (χ4v) is 5.07. The Morgan fingerprint density at radius 2 is 2.04 bits per heavy atom. The largest absolute Gasteiger partial charge is 0.368 e. The van der Waals surface area contributed by atoms with Crippen LogP contribution >= 0.6 is 0 Å². The van der Waals surface area contributed by atoms with Gasteiger partial charge in [-0.2, -0.15) is 0 Å². The Kier molecular flexibility index (Phi) is 5.45. The van der Waals surface area contributed by atoms with E-state index in [2.05, 4.69) is 15.5 Å². The maximum atomic E-state index is 12.7. The van der Waals surface area contributed by atoms with E-state index in [1.54, 1.807) is 0 Å². The number of likely N-dealkylation sites (tertiary alicyclic amines) is 1. The lowest BCUT2D eigenvalue weighted by molar-refractivity contribution is -0.122. The van der Waals surface area contributed by atoms with Crippen molar-refractivity contribution in [3.05, 3.63) is 29.8 Å². The summed E-state index contributed by atoms with van der Waals surface area (Å²) < 4.78 is 0. The summed E-state index contributed by atoms with van der Waals surface area (Å²) in [4.78, 5) is 26.4. The van der Waals surface area contributed by atoms with Crippen LogP contribution in [0.4, 0.5) is 5.69 Å². The second-order valence-electron chi connectivity index (χ2n) is 8.33. The fourth-order valence-electron chi connectivity index (χ4n) is 5.07. The molecule has 2 saturated heterocycles. The number of primary amides is 1. The second kappa shape index (κ2) is 7.98. The molecular formula is C21H30N4O2. The molecule has 4 atom stereocenters. The van der Waals surface area contributed by atoms with E-state index < -0.39 is 0 Å². The van der Waals surface area contributed by atoms with Crippen molar-refractivity contribution >= 4 is 17.5 Å². The standard InChI is InChI=1S/C21H30N4O2/c22-20(26)19-9-4-10-25(19)13-14-5-3-7-16(11-14)23-21(27)18-12-15-6-1-2-8-17(15)24-18/h3,5,7,11,15,17-19,24H,1-2,4,6,8-10,12-13H2,(H2,22,26)(H,23,27). The third-order valence-corrected chi connectivity index (χ3v) is 6.45. The third-order valence-electron chi connectivity index (χ3n) is 6.45. The number of rotatable bonds is 5. The summed E-state index contributed by atoms with van der Waals surface area (Å²) in [6.45, 7) is 1.57. The predicted molar refractivity (Wildman–Crippen MR) is 105 cm³/mol. The molecule has 3 aliphatic rings. The Morgan fingerprint density at radius 1 is 1.19 bits per heavy atom. The van der Waals surface area contributed by atoms with Crippen LogP contribution in [0, 0.1) is 5.92 Å². The van der Waals surface area contributed by atoms with Crippen LogP contribution in [0.2, 0.25) is 0 Å². The average Bonchev–Trinajstić information content (AvgIpc) is 3.28. The second-order valence-corrected chi connectivity index (χ2v) is 8.33. The van der Waals surface area contributed by atoms with Gasteiger partial charge >= 0.3 is 0 Å². The molecular weight excluding hydrogens is 340 g/mol. The summed E-state index contributed by atoms with van der Waals surface area (Å²) in [5, 5.41) is 6.61. The van der Waals surface area contributed by atoms with Crippen molar-refractivity contribution < 1.29 is 9.59 Å². The molecule has 1 aliphatic carbocycles. The first kappa shape index (κ1) is 18.4. The number of hydrogen-bond acceptors (Lipinski definition) is 4. The molecule has 1 aromatic carbocycles. The van der Waals surface area contributed by atoms with Crippen LogP contribution in [-0.4, -0.2) is 41.4 Å². The van der Waals surface area contributed by atoms with Crippen molar-refractivity contribution in [3.63, 3.8) is 0 Å². The first-order valence-corrected chi connectivity index (χ1v) is 10.3. The topological polar surface area (TPSA) is 87.5 Å². The third kappa shape index (κ3) is 4.17. The highest BCUT2D eigenvalue weighted by Gasteiger charge is 2.38. The maximum Gasteiger partial charge on any atom is 0.241 e. The van der Waals surface area contributed by atoms with Gasteiger partial charge in [-0.25, -0.2) is 0 Å². The number of carbonyl (C=O) groups excluding carboxylic acids is 2.